The molecule has 0 aromatic heterocycles. The van der Waals surface area contributed by atoms with Gasteiger partial charge in [-0.15, -0.1) is 0 Å². The van der Waals surface area contributed by atoms with Gasteiger partial charge in [-0.1, -0.05) is 19.2 Å². The molecule has 4 nitrogen and oxygen atoms in total. The zero-order valence-electron chi connectivity index (χ0n) is 13.0. The highest BCUT2D eigenvalue weighted by Crippen LogP contribution is 2.30. The Labute approximate surface area is 138 Å². The van der Waals surface area contributed by atoms with Gasteiger partial charge in [0.15, 0.2) is 0 Å². The van der Waals surface area contributed by atoms with Gasteiger partial charge in [-0.25, -0.2) is 14.0 Å². The highest BCUT2D eigenvalue weighted by atomic mass is 19.1. The molecular weight excluding hydrogens is 311 g/mol. The van der Waals surface area contributed by atoms with Crippen LogP contribution >= 0.6 is 0 Å². The topological polar surface area (TPSA) is 52.6 Å². The minimum Gasteiger partial charge on any atom is -0.423 e. The SMILES string of the molecule is C=CC(=O)Oc1ccc(-c2ccc(OC(=O)C=C)c(C)c2)c(F)c1. The monoisotopic (exact) mass is 326 g/mol. The molecule has 2 rings (SSSR count). The van der Waals surface area contributed by atoms with Crippen LogP contribution in [0.2, 0.25) is 0 Å². The van der Waals surface area contributed by atoms with Crippen molar-refractivity contribution in [3.8, 4) is 22.6 Å². The van der Waals surface area contributed by atoms with E-state index in [0.717, 1.165) is 18.2 Å². The van der Waals surface area contributed by atoms with Crippen LogP contribution < -0.4 is 9.47 Å². The molecule has 2 aromatic carbocycles. The summed E-state index contributed by atoms with van der Waals surface area (Å²) in [6.07, 6.45) is 2.06. The van der Waals surface area contributed by atoms with Crippen molar-refractivity contribution in [2.45, 2.75) is 6.92 Å². The van der Waals surface area contributed by atoms with Gasteiger partial charge >= 0.3 is 11.9 Å². The molecule has 5 heteroatoms. The molecule has 0 amide bonds. The van der Waals surface area contributed by atoms with Gasteiger partial charge in [0, 0.05) is 23.8 Å². The van der Waals surface area contributed by atoms with Crippen LogP contribution in [-0.4, -0.2) is 11.9 Å². The van der Waals surface area contributed by atoms with Crippen LogP contribution in [0.1, 0.15) is 5.56 Å². The second-order valence-electron chi connectivity index (χ2n) is 4.87. The van der Waals surface area contributed by atoms with E-state index in [4.69, 9.17) is 9.47 Å². The lowest BCUT2D eigenvalue weighted by molar-refractivity contribution is -0.129. The van der Waals surface area contributed by atoms with Crippen LogP contribution in [0.4, 0.5) is 4.39 Å². The molecule has 0 radical (unpaired) electrons. The molecular formula is C19H15FO4. The van der Waals surface area contributed by atoms with Crippen LogP contribution in [0.15, 0.2) is 61.7 Å². The quantitative estimate of drug-likeness (QED) is 0.474. The fourth-order valence-corrected chi connectivity index (χ4v) is 2.03. The second-order valence-corrected chi connectivity index (χ2v) is 4.87. The summed E-state index contributed by atoms with van der Waals surface area (Å²) in [5, 5.41) is 0. The van der Waals surface area contributed by atoms with Gasteiger partial charge in [0.05, 0.1) is 0 Å². The number of benzene rings is 2. The predicted molar refractivity (Wildman–Crippen MR) is 88.2 cm³/mol. The van der Waals surface area contributed by atoms with Gasteiger partial charge in [0.2, 0.25) is 0 Å². The third kappa shape index (κ3) is 3.95. The van der Waals surface area contributed by atoms with Crippen LogP contribution in [0, 0.1) is 12.7 Å². The molecule has 2 aromatic rings. The number of carbonyl (C=O) groups excluding carboxylic acids is 2. The molecule has 0 saturated carbocycles. The smallest absolute Gasteiger partial charge is 0.335 e. The standard InChI is InChI=1S/C19H15FO4/c1-4-18(21)23-14-7-8-15(16(20)11-14)13-6-9-17(12(3)10-13)24-19(22)5-2/h4-11H,1-2H2,3H3. The zero-order valence-corrected chi connectivity index (χ0v) is 13.0. The van der Waals surface area contributed by atoms with Crippen LogP contribution in [0.5, 0.6) is 11.5 Å². The Morgan fingerprint density at radius 3 is 2.25 bits per heavy atom. The summed E-state index contributed by atoms with van der Waals surface area (Å²) in [5.74, 6) is -1.30. The first-order chi connectivity index (χ1) is 11.4. The van der Waals surface area contributed by atoms with Gasteiger partial charge < -0.3 is 9.47 Å². The van der Waals surface area contributed by atoms with E-state index < -0.39 is 17.8 Å². The van der Waals surface area contributed by atoms with E-state index in [9.17, 15) is 14.0 Å². The molecule has 0 N–H and O–H groups in total. The number of halogens is 1. The summed E-state index contributed by atoms with van der Waals surface area (Å²) in [4.78, 5) is 22.4. The van der Waals surface area contributed by atoms with Crippen molar-refractivity contribution in [2.24, 2.45) is 0 Å². The van der Waals surface area contributed by atoms with Crippen molar-refractivity contribution in [3.05, 3.63) is 73.1 Å². The molecule has 0 aliphatic rings. The Balaban J connectivity index is 2.30. The number of esters is 2. The minimum absolute atomic E-state index is 0.0920. The van der Waals surface area contributed by atoms with Gasteiger partial charge in [0.25, 0.3) is 0 Å². The summed E-state index contributed by atoms with van der Waals surface area (Å²) in [5.41, 5.74) is 1.60. The highest BCUT2D eigenvalue weighted by molar-refractivity contribution is 5.84. The maximum Gasteiger partial charge on any atom is 0.335 e. The fraction of sp³-hybridized carbons (Fsp3) is 0.0526. The molecule has 24 heavy (non-hydrogen) atoms. The summed E-state index contributed by atoms with van der Waals surface area (Å²) in [6.45, 7) is 8.35. The maximum absolute atomic E-state index is 14.3. The third-order valence-corrected chi connectivity index (χ3v) is 3.19. The number of rotatable bonds is 5. The first kappa shape index (κ1) is 17.1. The van der Waals surface area contributed by atoms with Crippen molar-refractivity contribution in [3.63, 3.8) is 0 Å². The van der Waals surface area contributed by atoms with E-state index in [0.29, 0.717) is 22.4 Å². The van der Waals surface area contributed by atoms with Crippen LogP contribution in [0.3, 0.4) is 0 Å². The lowest BCUT2D eigenvalue weighted by atomic mass is 10.0. The van der Waals surface area contributed by atoms with Gasteiger partial charge in [-0.3, -0.25) is 0 Å². The molecule has 0 atom stereocenters. The highest BCUT2D eigenvalue weighted by Gasteiger charge is 2.11. The summed E-state index contributed by atoms with van der Waals surface area (Å²) in [7, 11) is 0. The Morgan fingerprint density at radius 2 is 1.67 bits per heavy atom. The number of hydrogen-bond acceptors (Lipinski definition) is 4. The van der Waals surface area contributed by atoms with Gasteiger partial charge in [0.1, 0.15) is 17.3 Å². The predicted octanol–water partition coefficient (Wildman–Crippen LogP) is 3.98. The van der Waals surface area contributed by atoms with E-state index in [1.54, 1.807) is 25.1 Å². The summed E-state index contributed by atoms with van der Waals surface area (Å²) >= 11 is 0. The number of aryl methyl sites for hydroxylation is 1. The molecule has 0 heterocycles. The molecule has 0 bridgehead atoms. The maximum atomic E-state index is 14.3. The fourth-order valence-electron chi connectivity index (χ4n) is 2.03. The summed E-state index contributed by atoms with van der Waals surface area (Å²) < 4.78 is 24.2. The molecule has 122 valence electrons. The average molecular weight is 326 g/mol. The van der Waals surface area contributed by atoms with E-state index in [-0.39, 0.29) is 5.75 Å². The number of hydrogen-bond donors (Lipinski definition) is 0. The van der Waals surface area contributed by atoms with E-state index in [1.165, 1.54) is 12.1 Å². The van der Waals surface area contributed by atoms with Crippen molar-refractivity contribution >= 4 is 11.9 Å². The zero-order chi connectivity index (χ0) is 17.7. The van der Waals surface area contributed by atoms with Crippen molar-refractivity contribution in [1.82, 2.24) is 0 Å². The molecule has 0 fully saturated rings. The first-order valence-corrected chi connectivity index (χ1v) is 7.03. The normalized spacial score (nSPS) is 9.92. The Bertz CT molecular complexity index is 824. The summed E-state index contributed by atoms with van der Waals surface area (Å²) in [6, 6.07) is 9.02. The molecule has 0 unspecified atom stereocenters. The number of ether oxygens (including phenoxy) is 2. The Kier molecular flexibility index (Phi) is 5.27. The molecule has 0 aliphatic carbocycles. The first-order valence-electron chi connectivity index (χ1n) is 7.03. The lowest BCUT2D eigenvalue weighted by Crippen LogP contribution is -2.04. The van der Waals surface area contributed by atoms with E-state index >= 15 is 0 Å². The minimum atomic E-state index is -0.661. The van der Waals surface area contributed by atoms with Crippen molar-refractivity contribution < 1.29 is 23.5 Å². The lowest BCUT2D eigenvalue weighted by Gasteiger charge is -2.10. The molecule has 0 spiro atoms. The van der Waals surface area contributed by atoms with Gasteiger partial charge in [-0.05, 0) is 42.3 Å². The van der Waals surface area contributed by atoms with Crippen LogP contribution in [0.25, 0.3) is 11.1 Å². The molecule has 0 saturated heterocycles. The average Bonchev–Trinajstić information content (AvgIpc) is 2.56. The number of carbonyl (C=O) groups is 2. The van der Waals surface area contributed by atoms with E-state index in [1.807, 2.05) is 0 Å². The van der Waals surface area contributed by atoms with Crippen LogP contribution in [-0.2, 0) is 9.59 Å². The Hall–Kier alpha value is -3.21. The van der Waals surface area contributed by atoms with Crippen molar-refractivity contribution in [2.75, 3.05) is 0 Å². The van der Waals surface area contributed by atoms with Gasteiger partial charge in [-0.2, -0.15) is 0 Å². The second kappa shape index (κ2) is 7.37. The van der Waals surface area contributed by atoms with E-state index in [2.05, 4.69) is 13.2 Å². The molecule has 0 aliphatic heterocycles. The van der Waals surface area contributed by atoms with Crippen molar-refractivity contribution in [1.29, 1.82) is 0 Å². The Morgan fingerprint density at radius 1 is 1.00 bits per heavy atom. The third-order valence-electron chi connectivity index (χ3n) is 3.19. The largest absolute Gasteiger partial charge is 0.423 e.